The van der Waals surface area contributed by atoms with Crippen LogP contribution in [-0.2, 0) is 9.47 Å². The van der Waals surface area contributed by atoms with Crippen molar-refractivity contribution in [1.82, 2.24) is 20.4 Å². The van der Waals surface area contributed by atoms with Crippen LogP contribution >= 0.6 is 24.0 Å². The molecule has 2 aliphatic heterocycles. The highest BCUT2D eigenvalue weighted by Gasteiger charge is 2.23. The largest absolute Gasteiger partial charge is 0.379 e. The van der Waals surface area contributed by atoms with Gasteiger partial charge < -0.3 is 20.1 Å². The molecule has 0 bridgehead atoms. The van der Waals surface area contributed by atoms with E-state index in [2.05, 4.69) is 25.4 Å². The SMILES string of the molecule is CN=C(NCCN1CCOCC1)NCC(c1ccc(F)cc1)N1CCOCC1.I. The Balaban J connectivity index is 0.00000300. The van der Waals surface area contributed by atoms with Gasteiger partial charge in [0, 0.05) is 52.9 Å². The first kappa shape index (κ1) is 24.3. The van der Waals surface area contributed by atoms with Crippen LogP contribution in [0.15, 0.2) is 29.3 Å². The van der Waals surface area contributed by atoms with Crippen LogP contribution in [0.1, 0.15) is 11.6 Å². The molecule has 7 nitrogen and oxygen atoms in total. The first-order valence-corrected chi connectivity index (χ1v) is 10.1. The number of hydrogen-bond acceptors (Lipinski definition) is 5. The smallest absolute Gasteiger partial charge is 0.191 e. The molecule has 9 heteroatoms. The minimum Gasteiger partial charge on any atom is -0.379 e. The maximum Gasteiger partial charge on any atom is 0.191 e. The summed E-state index contributed by atoms with van der Waals surface area (Å²) < 4.78 is 24.2. The number of guanidine groups is 1. The lowest BCUT2D eigenvalue weighted by atomic mass is 10.0. The van der Waals surface area contributed by atoms with E-state index in [-0.39, 0.29) is 35.8 Å². The van der Waals surface area contributed by atoms with Crippen LogP contribution in [-0.4, -0.2) is 95.0 Å². The summed E-state index contributed by atoms with van der Waals surface area (Å²) in [4.78, 5) is 9.11. The van der Waals surface area contributed by atoms with Crippen molar-refractivity contribution in [2.75, 3.05) is 79.3 Å². The molecule has 1 unspecified atom stereocenters. The van der Waals surface area contributed by atoms with E-state index in [0.29, 0.717) is 6.54 Å². The van der Waals surface area contributed by atoms with Gasteiger partial charge in [-0.1, -0.05) is 12.1 Å². The van der Waals surface area contributed by atoms with Crippen molar-refractivity contribution in [3.8, 4) is 0 Å². The van der Waals surface area contributed by atoms with Gasteiger partial charge in [0.1, 0.15) is 5.82 Å². The van der Waals surface area contributed by atoms with Gasteiger partial charge in [0.15, 0.2) is 5.96 Å². The molecule has 164 valence electrons. The Morgan fingerprint density at radius 2 is 1.66 bits per heavy atom. The summed E-state index contributed by atoms with van der Waals surface area (Å²) in [5.74, 6) is 0.576. The molecule has 2 saturated heterocycles. The van der Waals surface area contributed by atoms with Crippen molar-refractivity contribution in [2.45, 2.75) is 6.04 Å². The summed E-state index contributed by atoms with van der Waals surface area (Å²) in [5, 5.41) is 6.83. The first-order chi connectivity index (χ1) is 13.8. The van der Waals surface area contributed by atoms with E-state index < -0.39 is 0 Å². The standard InChI is InChI=1S/C20H32FN5O2.HI/c1-22-20(23-6-7-25-8-12-27-13-9-25)24-16-19(26-10-14-28-15-11-26)17-2-4-18(21)5-3-17;/h2-5,19H,6-16H2,1H3,(H2,22,23,24);1H. The van der Waals surface area contributed by atoms with E-state index in [1.807, 2.05) is 12.1 Å². The van der Waals surface area contributed by atoms with Crippen LogP contribution in [0.3, 0.4) is 0 Å². The minimum atomic E-state index is -0.210. The maximum atomic E-state index is 13.4. The van der Waals surface area contributed by atoms with Crippen LogP contribution in [0.2, 0.25) is 0 Å². The fourth-order valence-electron chi connectivity index (χ4n) is 3.60. The van der Waals surface area contributed by atoms with Crippen LogP contribution in [0.4, 0.5) is 4.39 Å². The Labute approximate surface area is 190 Å². The van der Waals surface area contributed by atoms with Crippen molar-refractivity contribution < 1.29 is 13.9 Å². The molecule has 1 aromatic carbocycles. The molecule has 0 spiro atoms. The number of halogens is 2. The summed E-state index contributed by atoms with van der Waals surface area (Å²) in [6, 6.07) is 6.93. The number of benzene rings is 1. The predicted molar refractivity (Wildman–Crippen MR) is 124 cm³/mol. The topological polar surface area (TPSA) is 61.4 Å². The minimum absolute atomic E-state index is 0. The van der Waals surface area contributed by atoms with Gasteiger partial charge in [-0.05, 0) is 17.7 Å². The van der Waals surface area contributed by atoms with Gasteiger partial charge in [0.25, 0.3) is 0 Å². The third kappa shape index (κ3) is 7.97. The van der Waals surface area contributed by atoms with E-state index >= 15 is 0 Å². The molecule has 0 radical (unpaired) electrons. The Bertz CT molecular complexity index is 607. The second-order valence-corrected chi connectivity index (χ2v) is 7.05. The number of hydrogen-bond donors (Lipinski definition) is 2. The van der Waals surface area contributed by atoms with Crippen LogP contribution < -0.4 is 10.6 Å². The highest BCUT2D eigenvalue weighted by molar-refractivity contribution is 14.0. The van der Waals surface area contributed by atoms with Crippen LogP contribution in [0.25, 0.3) is 0 Å². The lowest BCUT2D eigenvalue weighted by Crippen LogP contribution is -2.48. The van der Waals surface area contributed by atoms with Crippen molar-refractivity contribution in [2.24, 2.45) is 4.99 Å². The van der Waals surface area contributed by atoms with Crippen molar-refractivity contribution in [3.05, 3.63) is 35.6 Å². The molecule has 2 heterocycles. The van der Waals surface area contributed by atoms with Crippen molar-refractivity contribution in [3.63, 3.8) is 0 Å². The highest BCUT2D eigenvalue weighted by Crippen LogP contribution is 2.21. The Hall–Kier alpha value is -1.01. The lowest BCUT2D eigenvalue weighted by Gasteiger charge is -2.35. The van der Waals surface area contributed by atoms with Gasteiger partial charge in [0.05, 0.1) is 32.5 Å². The van der Waals surface area contributed by atoms with E-state index in [1.54, 1.807) is 7.05 Å². The summed E-state index contributed by atoms with van der Waals surface area (Å²) in [6.07, 6.45) is 0. The molecule has 29 heavy (non-hydrogen) atoms. The normalized spacial score (nSPS) is 20.0. The summed E-state index contributed by atoms with van der Waals surface area (Å²) in [7, 11) is 1.78. The first-order valence-electron chi connectivity index (χ1n) is 10.1. The second kappa shape index (κ2) is 13.3. The van der Waals surface area contributed by atoms with Gasteiger partial charge in [-0.15, -0.1) is 24.0 Å². The average Bonchev–Trinajstić information content (AvgIpc) is 2.75. The zero-order valence-corrected chi connectivity index (χ0v) is 19.4. The third-order valence-corrected chi connectivity index (χ3v) is 5.25. The molecule has 0 amide bonds. The van der Waals surface area contributed by atoms with Gasteiger partial charge in [-0.2, -0.15) is 0 Å². The summed E-state index contributed by atoms with van der Waals surface area (Å²) >= 11 is 0. The molecule has 2 aliphatic rings. The molecule has 1 aromatic rings. The monoisotopic (exact) mass is 521 g/mol. The molecule has 0 aromatic heterocycles. The number of rotatable bonds is 7. The van der Waals surface area contributed by atoms with Gasteiger partial charge in [-0.25, -0.2) is 4.39 Å². The zero-order valence-electron chi connectivity index (χ0n) is 17.1. The molecule has 3 rings (SSSR count). The van der Waals surface area contributed by atoms with Crippen LogP contribution in [0.5, 0.6) is 0 Å². The average molecular weight is 521 g/mol. The molecule has 2 N–H and O–H groups in total. The van der Waals surface area contributed by atoms with Crippen molar-refractivity contribution in [1.29, 1.82) is 0 Å². The molecular weight excluding hydrogens is 488 g/mol. The number of morpholine rings is 2. The summed E-state index contributed by atoms with van der Waals surface area (Å²) in [5.41, 5.74) is 1.10. The van der Waals surface area contributed by atoms with Gasteiger partial charge >= 0.3 is 0 Å². The number of nitrogens with zero attached hydrogens (tertiary/aromatic N) is 3. The maximum absolute atomic E-state index is 13.4. The zero-order chi connectivity index (χ0) is 19.6. The van der Waals surface area contributed by atoms with E-state index in [0.717, 1.165) is 77.2 Å². The summed E-state index contributed by atoms with van der Waals surface area (Å²) in [6.45, 7) is 9.27. The quantitative estimate of drug-likeness (QED) is 0.321. The molecule has 1 atom stereocenters. The molecular formula is C20H33FIN5O2. The number of ether oxygens (including phenoxy) is 2. The Kier molecular flexibility index (Phi) is 11.1. The third-order valence-electron chi connectivity index (χ3n) is 5.25. The Morgan fingerprint density at radius 3 is 2.28 bits per heavy atom. The van der Waals surface area contributed by atoms with E-state index in [1.165, 1.54) is 12.1 Å². The van der Waals surface area contributed by atoms with Gasteiger partial charge in [-0.3, -0.25) is 14.8 Å². The lowest BCUT2D eigenvalue weighted by molar-refractivity contribution is 0.0169. The number of aliphatic imine (C=N–C) groups is 1. The predicted octanol–water partition coefficient (Wildman–Crippen LogP) is 1.31. The fraction of sp³-hybridized carbons (Fsp3) is 0.650. The van der Waals surface area contributed by atoms with E-state index in [4.69, 9.17) is 9.47 Å². The molecule has 0 saturated carbocycles. The van der Waals surface area contributed by atoms with Crippen LogP contribution in [0, 0.1) is 5.82 Å². The second-order valence-electron chi connectivity index (χ2n) is 7.05. The van der Waals surface area contributed by atoms with Crippen molar-refractivity contribution >= 4 is 29.9 Å². The van der Waals surface area contributed by atoms with Gasteiger partial charge in [0.2, 0.25) is 0 Å². The molecule has 0 aliphatic carbocycles. The highest BCUT2D eigenvalue weighted by atomic mass is 127. The Morgan fingerprint density at radius 1 is 1.03 bits per heavy atom. The fourth-order valence-corrected chi connectivity index (χ4v) is 3.60. The van der Waals surface area contributed by atoms with E-state index in [9.17, 15) is 4.39 Å². The molecule has 2 fully saturated rings. The number of nitrogens with one attached hydrogen (secondary N) is 2.